The normalized spacial score (nSPS) is 10.7. The smallest absolute Gasteiger partial charge is 0.281 e. The minimum atomic E-state index is -0.601. The number of aliphatic hydroxyl groups excluding tert-OH is 1. The molecule has 0 bridgehead atoms. The predicted octanol–water partition coefficient (Wildman–Crippen LogP) is 2.49. The molecule has 0 saturated heterocycles. The molecule has 0 aliphatic heterocycles. The first-order valence-corrected chi connectivity index (χ1v) is 8.15. The van der Waals surface area contributed by atoms with E-state index in [4.69, 9.17) is 5.11 Å². The number of azo groups is 1. The average Bonchev–Trinajstić information content (AvgIpc) is 2.63. The number of benzene rings is 1. The fourth-order valence-electron chi connectivity index (χ4n) is 2.42. The molecule has 0 unspecified atom stereocenters. The van der Waals surface area contributed by atoms with Gasteiger partial charge in [0, 0.05) is 31.3 Å². The third-order valence-electron chi connectivity index (χ3n) is 3.76. The Labute approximate surface area is 155 Å². The number of amides is 1. The Morgan fingerprint density at radius 2 is 1.96 bits per heavy atom. The van der Waals surface area contributed by atoms with Gasteiger partial charge in [-0.05, 0) is 37.6 Å². The lowest BCUT2D eigenvalue weighted by atomic mass is 10.1. The van der Waals surface area contributed by atoms with Crippen LogP contribution in [0.2, 0.25) is 0 Å². The molecule has 0 aliphatic carbocycles. The Hall–Kier alpha value is -3.51. The van der Waals surface area contributed by atoms with Gasteiger partial charge in [-0.2, -0.15) is 10.4 Å². The highest BCUT2D eigenvalue weighted by Crippen LogP contribution is 2.27. The first kappa shape index (κ1) is 19.8. The second-order valence-electron chi connectivity index (χ2n) is 5.75. The Bertz CT molecular complexity index is 971. The van der Waals surface area contributed by atoms with Gasteiger partial charge in [0.05, 0.1) is 5.69 Å². The second-order valence-corrected chi connectivity index (χ2v) is 5.75. The number of nitrogens with one attached hydrogen (secondary N) is 1. The number of nitriles is 1. The van der Waals surface area contributed by atoms with Crippen molar-refractivity contribution in [3.8, 4) is 11.9 Å². The van der Waals surface area contributed by atoms with Gasteiger partial charge in [0.25, 0.3) is 5.56 Å². The topological polar surface area (TPSA) is 140 Å². The summed E-state index contributed by atoms with van der Waals surface area (Å²) >= 11 is 0. The van der Waals surface area contributed by atoms with Crippen molar-refractivity contribution in [2.75, 3.05) is 11.9 Å². The number of nitrogens with zero attached hydrogens (tertiary/aromatic N) is 4. The molecule has 9 heteroatoms. The highest BCUT2D eigenvalue weighted by atomic mass is 16.3. The third kappa shape index (κ3) is 4.56. The first-order chi connectivity index (χ1) is 12.9. The minimum Gasteiger partial charge on any atom is -0.493 e. The van der Waals surface area contributed by atoms with Gasteiger partial charge >= 0.3 is 0 Å². The van der Waals surface area contributed by atoms with Crippen LogP contribution in [0.25, 0.3) is 0 Å². The number of carbonyl (C=O) groups excluding carboxylic acids is 1. The van der Waals surface area contributed by atoms with Crippen molar-refractivity contribution in [2.24, 2.45) is 10.2 Å². The van der Waals surface area contributed by atoms with Crippen molar-refractivity contribution >= 4 is 23.0 Å². The molecule has 2 aromatic rings. The molecule has 1 aromatic heterocycles. The van der Waals surface area contributed by atoms with Crippen LogP contribution >= 0.6 is 0 Å². The van der Waals surface area contributed by atoms with Crippen molar-refractivity contribution in [2.45, 2.75) is 26.8 Å². The van der Waals surface area contributed by atoms with Gasteiger partial charge in [-0.3, -0.25) is 14.2 Å². The summed E-state index contributed by atoms with van der Waals surface area (Å²) in [6, 6.07) is 8.36. The van der Waals surface area contributed by atoms with Crippen LogP contribution in [0.3, 0.4) is 0 Å². The van der Waals surface area contributed by atoms with E-state index in [0.717, 1.165) is 4.57 Å². The summed E-state index contributed by atoms with van der Waals surface area (Å²) in [7, 11) is 0. The van der Waals surface area contributed by atoms with Gasteiger partial charge in [-0.1, -0.05) is 0 Å². The van der Waals surface area contributed by atoms with E-state index in [0.29, 0.717) is 11.4 Å². The molecular weight excluding hydrogens is 350 g/mol. The minimum absolute atomic E-state index is 0.0457. The Morgan fingerprint density at radius 1 is 1.30 bits per heavy atom. The summed E-state index contributed by atoms with van der Waals surface area (Å²) in [4.78, 5) is 23.6. The zero-order chi connectivity index (χ0) is 20.0. The monoisotopic (exact) mass is 369 g/mol. The van der Waals surface area contributed by atoms with E-state index in [1.54, 1.807) is 24.3 Å². The molecule has 3 N–H and O–H groups in total. The molecule has 0 fully saturated rings. The van der Waals surface area contributed by atoms with E-state index in [9.17, 15) is 20.0 Å². The maximum atomic E-state index is 12.6. The van der Waals surface area contributed by atoms with Gasteiger partial charge in [-0.25, -0.2) is 0 Å². The van der Waals surface area contributed by atoms with E-state index in [2.05, 4.69) is 15.5 Å². The van der Waals surface area contributed by atoms with E-state index in [1.165, 1.54) is 13.8 Å². The van der Waals surface area contributed by atoms with Crippen LogP contribution < -0.4 is 10.9 Å². The number of aromatic hydroxyl groups is 1. The fourth-order valence-corrected chi connectivity index (χ4v) is 2.42. The van der Waals surface area contributed by atoms with Crippen molar-refractivity contribution in [3.63, 3.8) is 0 Å². The lowest BCUT2D eigenvalue weighted by Crippen LogP contribution is -2.22. The molecule has 0 aliphatic rings. The number of rotatable bonds is 6. The highest BCUT2D eigenvalue weighted by molar-refractivity contribution is 5.88. The Morgan fingerprint density at radius 3 is 2.52 bits per heavy atom. The first-order valence-electron chi connectivity index (χ1n) is 8.15. The van der Waals surface area contributed by atoms with Crippen LogP contribution in [0, 0.1) is 18.3 Å². The third-order valence-corrected chi connectivity index (χ3v) is 3.76. The van der Waals surface area contributed by atoms with Crippen molar-refractivity contribution in [1.29, 1.82) is 5.26 Å². The molecule has 1 aromatic carbocycles. The average molecular weight is 369 g/mol. The van der Waals surface area contributed by atoms with Gasteiger partial charge in [0.2, 0.25) is 11.8 Å². The van der Waals surface area contributed by atoms with Crippen LogP contribution in [0.5, 0.6) is 5.88 Å². The van der Waals surface area contributed by atoms with Crippen LogP contribution in [0.15, 0.2) is 39.3 Å². The highest BCUT2D eigenvalue weighted by Gasteiger charge is 2.18. The molecule has 2 rings (SSSR count). The van der Waals surface area contributed by atoms with E-state index < -0.39 is 11.4 Å². The SMILES string of the molecule is CC(=O)Nc1ccc(N=Nc2c(C)c(C#N)c(O)n(CCCO)c2=O)cc1. The quantitative estimate of drug-likeness (QED) is 0.671. The van der Waals surface area contributed by atoms with Gasteiger partial charge in [-0.15, -0.1) is 5.11 Å². The van der Waals surface area contributed by atoms with Gasteiger partial charge < -0.3 is 15.5 Å². The molecule has 0 saturated carbocycles. The summed E-state index contributed by atoms with van der Waals surface area (Å²) in [6.07, 6.45) is 0.239. The number of carbonyl (C=O) groups is 1. The summed E-state index contributed by atoms with van der Waals surface area (Å²) in [5.41, 5.74) is 0.530. The molecule has 140 valence electrons. The maximum absolute atomic E-state index is 12.6. The summed E-state index contributed by atoms with van der Waals surface area (Å²) in [6.45, 7) is 2.78. The summed E-state index contributed by atoms with van der Waals surface area (Å²) < 4.78 is 0.996. The molecule has 0 atom stereocenters. The number of pyridine rings is 1. The van der Waals surface area contributed by atoms with Gasteiger partial charge in [0.1, 0.15) is 11.6 Å². The Kier molecular flexibility index (Phi) is 6.41. The molecule has 0 spiro atoms. The number of hydrogen-bond acceptors (Lipinski definition) is 7. The molecular formula is C18H19N5O4. The number of aliphatic hydroxyl groups is 1. The maximum Gasteiger partial charge on any atom is 0.281 e. The van der Waals surface area contributed by atoms with Crippen LogP contribution in [-0.2, 0) is 11.3 Å². The van der Waals surface area contributed by atoms with Crippen molar-refractivity contribution in [1.82, 2.24) is 4.57 Å². The summed E-state index contributed by atoms with van der Waals surface area (Å²) in [5.74, 6) is -0.649. The number of anilines is 1. The largest absolute Gasteiger partial charge is 0.493 e. The number of hydrogen-bond donors (Lipinski definition) is 3. The second kappa shape index (κ2) is 8.73. The van der Waals surface area contributed by atoms with Crippen LogP contribution in [0.4, 0.5) is 17.1 Å². The standard InChI is InChI=1S/C18H19N5O4/c1-11-15(10-19)17(26)23(8-3-9-24)18(27)16(11)22-21-14-6-4-13(5-7-14)20-12(2)25/h4-7,24,26H,3,8-9H2,1-2H3,(H,20,25). The molecule has 1 heterocycles. The summed E-state index contributed by atoms with van der Waals surface area (Å²) in [5, 5.41) is 39.0. The van der Waals surface area contributed by atoms with Gasteiger partial charge in [0.15, 0.2) is 5.69 Å². The molecule has 0 radical (unpaired) electrons. The van der Waals surface area contributed by atoms with E-state index >= 15 is 0 Å². The van der Waals surface area contributed by atoms with Crippen molar-refractivity contribution in [3.05, 3.63) is 45.7 Å². The zero-order valence-corrected chi connectivity index (χ0v) is 14.9. The molecule has 27 heavy (non-hydrogen) atoms. The van der Waals surface area contributed by atoms with E-state index in [1.807, 2.05) is 6.07 Å². The lowest BCUT2D eigenvalue weighted by Gasteiger charge is -2.12. The predicted molar refractivity (Wildman–Crippen MR) is 98.4 cm³/mol. The Balaban J connectivity index is 2.43. The fraction of sp³-hybridized carbons (Fsp3) is 0.278. The molecule has 9 nitrogen and oxygen atoms in total. The van der Waals surface area contributed by atoms with E-state index in [-0.39, 0.29) is 42.3 Å². The van der Waals surface area contributed by atoms with Crippen molar-refractivity contribution < 1.29 is 15.0 Å². The molecule has 1 amide bonds. The number of aromatic nitrogens is 1. The van der Waals surface area contributed by atoms with Crippen LogP contribution in [-0.4, -0.2) is 27.3 Å². The zero-order valence-electron chi connectivity index (χ0n) is 14.9. The van der Waals surface area contributed by atoms with Crippen LogP contribution in [0.1, 0.15) is 24.5 Å². The lowest BCUT2D eigenvalue weighted by molar-refractivity contribution is -0.114.